The van der Waals surface area contributed by atoms with E-state index in [0.29, 0.717) is 0 Å². The molecule has 0 heterocycles. The Labute approximate surface area is 81.8 Å². The van der Waals surface area contributed by atoms with Crippen molar-refractivity contribution >= 4 is 43.5 Å². The second kappa shape index (κ2) is 3.24. The van der Waals surface area contributed by atoms with Crippen LogP contribution in [0.3, 0.4) is 0 Å². The molecule has 0 N–H and O–H groups in total. The predicted molar refractivity (Wildman–Crippen MR) is 51.6 cm³/mol. The van der Waals surface area contributed by atoms with E-state index in [1.54, 1.807) is 0 Å². The molecule has 10 heavy (non-hydrogen) atoms. The van der Waals surface area contributed by atoms with E-state index < -0.39 is 0 Å². The summed E-state index contributed by atoms with van der Waals surface area (Å²) in [6, 6.07) is 3.93. The summed E-state index contributed by atoms with van der Waals surface area (Å²) in [4.78, 5) is 0. The highest BCUT2D eigenvalue weighted by Crippen LogP contribution is 2.32. The van der Waals surface area contributed by atoms with Crippen LogP contribution in [0.25, 0.3) is 0 Å². The fourth-order valence-electron chi connectivity index (χ4n) is 0.622. The first kappa shape index (κ1) is 8.57. The Kier molecular flexibility index (Phi) is 2.78. The first-order valence-electron chi connectivity index (χ1n) is 2.73. The summed E-state index contributed by atoms with van der Waals surface area (Å²) in [6.07, 6.45) is 0. The van der Waals surface area contributed by atoms with Crippen molar-refractivity contribution in [1.29, 1.82) is 0 Å². The van der Waals surface area contributed by atoms with Crippen molar-refractivity contribution in [3.63, 3.8) is 0 Å². The van der Waals surface area contributed by atoms with Crippen molar-refractivity contribution in [2.24, 2.45) is 0 Å². The summed E-state index contributed by atoms with van der Waals surface area (Å²) in [5, 5.41) is 0.736. The number of hydrogen-bond donors (Lipinski definition) is 0. The van der Waals surface area contributed by atoms with Gasteiger partial charge in [0, 0.05) is 8.95 Å². The van der Waals surface area contributed by atoms with Crippen LogP contribution in [-0.4, -0.2) is 0 Å². The van der Waals surface area contributed by atoms with Crippen LogP contribution in [0.4, 0.5) is 0 Å². The SMILES string of the molecule is Cc1ccc(Br)c(Cl)c1Br. The third kappa shape index (κ3) is 1.55. The maximum absolute atomic E-state index is 5.89. The molecule has 0 fully saturated rings. The lowest BCUT2D eigenvalue weighted by atomic mass is 10.2. The molecule has 0 spiro atoms. The highest BCUT2D eigenvalue weighted by atomic mass is 79.9. The number of hydrogen-bond acceptors (Lipinski definition) is 0. The maximum Gasteiger partial charge on any atom is 0.0692 e. The van der Waals surface area contributed by atoms with E-state index in [1.165, 1.54) is 0 Å². The third-order valence-electron chi connectivity index (χ3n) is 1.23. The van der Waals surface area contributed by atoms with Crippen molar-refractivity contribution in [1.82, 2.24) is 0 Å². The Morgan fingerprint density at radius 2 is 1.90 bits per heavy atom. The monoisotopic (exact) mass is 282 g/mol. The van der Waals surface area contributed by atoms with Gasteiger partial charge < -0.3 is 0 Å². The predicted octanol–water partition coefficient (Wildman–Crippen LogP) is 4.17. The zero-order valence-electron chi connectivity index (χ0n) is 5.29. The van der Waals surface area contributed by atoms with E-state index in [1.807, 2.05) is 19.1 Å². The van der Waals surface area contributed by atoms with E-state index in [2.05, 4.69) is 31.9 Å². The molecule has 0 aliphatic heterocycles. The molecule has 0 aliphatic rings. The van der Waals surface area contributed by atoms with Gasteiger partial charge in [0.25, 0.3) is 0 Å². The van der Waals surface area contributed by atoms with Crippen LogP contribution in [-0.2, 0) is 0 Å². The lowest BCUT2D eigenvalue weighted by Gasteiger charge is -2.01. The minimum absolute atomic E-state index is 0.736. The number of aryl methyl sites for hydroxylation is 1. The molecule has 0 bridgehead atoms. The van der Waals surface area contributed by atoms with E-state index in [9.17, 15) is 0 Å². The zero-order valence-corrected chi connectivity index (χ0v) is 9.22. The van der Waals surface area contributed by atoms with Gasteiger partial charge in [0.2, 0.25) is 0 Å². The Bertz CT molecular complexity index is 231. The van der Waals surface area contributed by atoms with E-state index >= 15 is 0 Å². The first-order chi connectivity index (χ1) is 4.63. The molecule has 0 atom stereocenters. The summed E-state index contributed by atoms with van der Waals surface area (Å²) < 4.78 is 1.88. The second-order valence-electron chi connectivity index (χ2n) is 1.99. The van der Waals surface area contributed by atoms with Crippen molar-refractivity contribution in [3.8, 4) is 0 Å². The van der Waals surface area contributed by atoms with E-state index in [4.69, 9.17) is 11.6 Å². The van der Waals surface area contributed by atoms with Crippen LogP contribution in [0, 0.1) is 6.92 Å². The molecule has 54 valence electrons. The molecule has 1 aromatic carbocycles. The summed E-state index contributed by atoms with van der Waals surface area (Å²) in [5.74, 6) is 0. The summed E-state index contributed by atoms with van der Waals surface area (Å²) in [6.45, 7) is 2.00. The highest BCUT2D eigenvalue weighted by molar-refractivity contribution is 9.11. The van der Waals surface area contributed by atoms with Gasteiger partial charge in [-0.2, -0.15) is 0 Å². The molecule has 1 aromatic rings. The molecule has 0 saturated heterocycles. The standard InChI is InChI=1S/C7H5Br2Cl/c1-4-2-3-5(8)7(10)6(4)9/h2-3H,1H3. The molecule has 0 saturated carbocycles. The zero-order chi connectivity index (χ0) is 7.72. The average molecular weight is 284 g/mol. The van der Waals surface area contributed by atoms with E-state index in [0.717, 1.165) is 19.5 Å². The topological polar surface area (TPSA) is 0 Å². The van der Waals surface area contributed by atoms with Gasteiger partial charge in [-0.3, -0.25) is 0 Å². The Hall–Kier alpha value is 0.470. The molecule has 0 aliphatic carbocycles. The van der Waals surface area contributed by atoms with Crippen LogP contribution < -0.4 is 0 Å². The minimum atomic E-state index is 0.736. The van der Waals surface area contributed by atoms with Crippen molar-refractivity contribution in [2.45, 2.75) is 6.92 Å². The molecule has 3 heteroatoms. The van der Waals surface area contributed by atoms with Crippen LogP contribution in [0.5, 0.6) is 0 Å². The lowest BCUT2D eigenvalue weighted by Crippen LogP contribution is -1.77. The van der Waals surface area contributed by atoms with Crippen LogP contribution in [0.15, 0.2) is 21.1 Å². The maximum atomic E-state index is 5.89. The summed E-state index contributed by atoms with van der Waals surface area (Å²) >= 11 is 12.6. The van der Waals surface area contributed by atoms with Crippen LogP contribution in [0.1, 0.15) is 5.56 Å². The molecule has 0 unspecified atom stereocenters. The molecule has 0 aromatic heterocycles. The smallest absolute Gasteiger partial charge is 0.0692 e. The van der Waals surface area contributed by atoms with E-state index in [-0.39, 0.29) is 0 Å². The molecular formula is C7H5Br2Cl. The number of benzene rings is 1. The number of rotatable bonds is 0. The fraction of sp³-hybridized carbons (Fsp3) is 0.143. The normalized spacial score (nSPS) is 10.0. The Morgan fingerprint density at radius 3 is 2.40 bits per heavy atom. The lowest BCUT2D eigenvalue weighted by molar-refractivity contribution is 1.42. The summed E-state index contributed by atoms with van der Waals surface area (Å²) in [5.41, 5.74) is 1.15. The Balaban J connectivity index is 3.34. The second-order valence-corrected chi connectivity index (χ2v) is 4.02. The molecule has 0 amide bonds. The molecule has 1 rings (SSSR count). The van der Waals surface area contributed by atoms with Gasteiger partial charge >= 0.3 is 0 Å². The van der Waals surface area contributed by atoms with Crippen molar-refractivity contribution in [2.75, 3.05) is 0 Å². The van der Waals surface area contributed by atoms with Gasteiger partial charge in [0.1, 0.15) is 0 Å². The van der Waals surface area contributed by atoms with Gasteiger partial charge in [0.15, 0.2) is 0 Å². The van der Waals surface area contributed by atoms with Gasteiger partial charge in [-0.1, -0.05) is 17.7 Å². The largest absolute Gasteiger partial charge is 0.0819 e. The van der Waals surface area contributed by atoms with Gasteiger partial charge in [0.05, 0.1) is 5.02 Å². The molecule has 0 nitrogen and oxygen atoms in total. The average Bonchev–Trinajstić information content (AvgIpc) is 1.93. The van der Waals surface area contributed by atoms with Crippen LogP contribution in [0.2, 0.25) is 5.02 Å². The first-order valence-corrected chi connectivity index (χ1v) is 4.69. The van der Waals surface area contributed by atoms with Gasteiger partial charge in [-0.05, 0) is 50.4 Å². The Morgan fingerprint density at radius 1 is 1.30 bits per heavy atom. The minimum Gasteiger partial charge on any atom is -0.0819 e. The van der Waals surface area contributed by atoms with Crippen molar-refractivity contribution < 1.29 is 0 Å². The third-order valence-corrected chi connectivity index (χ3v) is 3.76. The quantitative estimate of drug-likeness (QED) is 0.627. The highest BCUT2D eigenvalue weighted by Gasteiger charge is 2.02. The molecule has 0 radical (unpaired) electrons. The summed E-state index contributed by atoms with van der Waals surface area (Å²) in [7, 11) is 0. The van der Waals surface area contributed by atoms with Crippen molar-refractivity contribution in [3.05, 3.63) is 31.7 Å². The number of halogens is 3. The van der Waals surface area contributed by atoms with Gasteiger partial charge in [-0.15, -0.1) is 0 Å². The van der Waals surface area contributed by atoms with Gasteiger partial charge in [-0.25, -0.2) is 0 Å². The fourth-order valence-corrected chi connectivity index (χ4v) is 1.78. The molecular weight excluding hydrogens is 279 g/mol. The van der Waals surface area contributed by atoms with Crippen LogP contribution >= 0.6 is 43.5 Å².